The van der Waals surface area contributed by atoms with Crippen molar-refractivity contribution in [2.75, 3.05) is 18.4 Å². The number of hydrogen-bond donors (Lipinski definition) is 2. The Morgan fingerprint density at radius 2 is 2.07 bits per heavy atom. The van der Waals surface area contributed by atoms with Crippen LogP contribution in [0.5, 0.6) is 11.5 Å². The Morgan fingerprint density at radius 1 is 1.21 bits per heavy atom. The van der Waals surface area contributed by atoms with Crippen LogP contribution in [0.4, 0.5) is 10.5 Å². The number of nitrogens with zero attached hydrogens (tertiary/aromatic N) is 2. The lowest BCUT2D eigenvalue weighted by Gasteiger charge is -2.31. The molecule has 0 bridgehead atoms. The van der Waals surface area contributed by atoms with E-state index in [1.807, 2.05) is 66.6 Å². The second kappa shape index (κ2) is 8.17. The molecule has 3 aromatic rings. The molecular formula is C22H24N4O2. The van der Waals surface area contributed by atoms with Gasteiger partial charge in [-0.15, -0.1) is 0 Å². The summed E-state index contributed by atoms with van der Waals surface area (Å²) in [6, 6.07) is 15.3. The maximum Gasteiger partial charge on any atom is 0.321 e. The molecule has 1 aliphatic heterocycles. The first-order valence-corrected chi connectivity index (χ1v) is 9.57. The van der Waals surface area contributed by atoms with Crippen LogP contribution in [0.25, 0.3) is 0 Å². The van der Waals surface area contributed by atoms with Crippen LogP contribution in [0.1, 0.15) is 30.1 Å². The highest BCUT2D eigenvalue weighted by molar-refractivity contribution is 5.89. The van der Waals surface area contributed by atoms with Crippen LogP contribution in [-0.2, 0) is 0 Å². The smallest absolute Gasteiger partial charge is 0.321 e. The third kappa shape index (κ3) is 4.34. The van der Waals surface area contributed by atoms with Gasteiger partial charge in [0.2, 0.25) is 0 Å². The Kier molecular flexibility index (Phi) is 5.28. The van der Waals surface area contributed by atoms with E-state index >= 15 is 0 Å². The van der Waals surface area contributed by atoms with Crippen LogP contribution in [0.15, 0.2) is 60.9 Å². The van der Waals surface area contributed by atoms with Gasteiger partial charge in [0.15, 0.2) is 0 Å². The van der Waals surface area contributed by atoms with E-state index in [0.29, 0.717) is 6.54 Å². The van der Waals surface area contributed by atoms with Gasteiger partial charge in [0.25, 0.3) is 0 Å². The maximum atomic E-state index is 12.6. The number of carbonyl (C=O) groups excluding carboxylic acids is 1. The van der Waals surface area contributed by atoms with Crippen molar-refractivity contribution in [1.29, 1.82) is 0 Å². The number of rotatable bonds is 4. The van der Waals surface area contributed by atoms with Crippen LogP contribution < -0.4 is 10.1 Å². The molecule has 4 rings (SSSR count). The molecule has 0 unspecified atom stereocenters. The van der Waals surface area contributed by atoms with Crippen molar-refractivity contribution < 1.29 is 9.53 Å². The molecule has 0 radical (unpaired) electrons. The van der Waals surface area contributed by atoms with Gasteiger partial charge >= 0.3 is 6.03 Å². The predicted octanol–water partition coefficient (Wildman–Crippen LogP) is 4.92. The van der Waals surface area contributed by atoms with Crippen LogP contribution in [0.2, 0.25) is 0 Å². The average Bonchev–Trinajstić information content (AvgIpc) is 3.25. The van der Waals surface area contributed by atoms with Crippen molar-refractivity contribution in [3.63, 3.8) is 0 Å². The Labute approximate surface area is 164 Å². The minimum atomic E-state index is -0.0800. The van der Waals surface area contributed by atoms with Crippen molar-refractivity contribution >= 4 is 11.7 Å². The third-order valence-corrected chi connectivity index (χ3v) is 4.95. The number of nitrogens with one attached hydrogen (secondary N) is 2. The molecule has 2 aromatic carbocycles. The first kappa shape index (κ1) is 18.1. The molecule has 6 heteroatoms. The molecule has 1 aromatic heterocycles. The normalized spacial score (nSPS) is 16.6. The molecule has 1 aliphatic rings. The molecule has 2 N–H and O–H groups in total. The number of piperidine rings is 1. The Hall–Kier alpha value is -3.28. The number of benzene rings is 2. The largest absolute Gasteiger partial charge is 0.457 e. The number of urea groups is 1. The van der Waals surface area contributed by atoms with Gasteiger partial charge in [0, 0.05) is 37.1 Å². The van der Waals surface area contributed by atoms with Crippen LogP contribution in [0.3, 0.4) is 0 Å². The molecule has 0 spiro atoms. The summed E-state index contributed by atoms with van der Waals surface area (Å²) in [5, 5.41) is 2.98. The molecule has 6 nitrogen and oxygen atoms in total. The number of aromatic nitrogens is 2. The zero-order valence-corrected chi connectivity index (χ0v) is 15.9. The fraction of sp³-hybridized carbons (Fsp3) is 0.273. The van der Waals surface area contributed by atoms with E-state index in [1.165, 1.54) is 0 Å². The molecule has 1 saturated heterocycles. The number of carbonyl (C=O) groups is 1. The molecule has 0 saturated carbocycles. The van der Waals surface area contributed by atoms with Crippen molar-refractivity contribution in [3.05, 3.63) is 72.3 Å². The molecule has 1 atom stereocenters. The van der Waals surface area contributed by atoms with E-state index < -0.39 is 0 Å². The number of amides is 2. The molecule has 1 fully saturated rings. The SMILES string of the molecule is Cc1cccc(Oc2ccc(NC(=O)N3CCC[C@@H](c4ncc[nH]4)C3)cc2)c1. The number of aryl methyl sites for hydroxylation is 1. The zero-order chi connectivity index (χ0) is 19.3. The molecule has 2 heterocycles. The summed E-state index contributed by atoms with van der Waals surface area (Å²) < 4.78 is 5.86. The first-order valence-electron chi connectivity index (χ1n) is 9.57. The predicted molar refractivity (Wildman–Crippen MR) is 109 cm³/mol. The highest BCUT2D eigenvalue weighted by Crippen LogP contribution is 2.26. The summed E-state index contributed by atoms with van der Waals surface area (Å²) in [5.74, 6) is 2.75. The number of imidazole rings is 1. The lowest BCUT2D eigenvalue weighted by atomic mass is 9.98. The standard InChI is InChI=1S/C22H24N4O2/c1-16-4-2-6-20(14-16)28-19-9-7-18(8-10-19)25-22(27)26-13-3-5-17(15-26)21-23-11-12-24-21/h2,4,6-12,14,17H,3,5,13,15H2,1H3,(H,23,24)(H,25,27)/t17-/m1/s1. The molecular weight excluding hydrogens is 352 g/mol. The maximum absolute atomic E-state index is 12.6. The summed E-state index contributed by atoms with van der Waals surface area (Å²) in [6.45, 7) is 3.47. The van der Waals surface area contributed by atoms with E-state index in [1.54, 1.807) is 6.20 Å². The van der Waals surface area contributed by atoms with Gasteiger partial charge in [-0.2, -0.15) is 0 Å². The van der Waals surface area contributed by atoms with E-state index in [-0.39, 0.29) is 11.9 Å². The number of hydrogen-bond acceptors (Lipinski definition) is 3. The van der Waals surface area contributed by atoms with Gasteiger partial charge in [-0.05, 0) is 61.7 Å². The van der Waals surface area contributed by atoms with Crippen molar-refractivity contribution in [2.45, 2.75) is 25.7 Å². The number of aromatic amines is 1. The van der Waals surface area contributed by atoms with E-state index in [4.69, 9.17) is 4.74 Å². The highest BCUT2D eigenvalue weighted by atomic mass is 16.5. The number of anilines is 1. The van der Waals surface area contributed by atoms with E-state index in [0.717, 1.165) is 48.0 Å². The summed E-state index contributed by atoms with van der Waals surface area (Å²) in [7, 11) is 0. The van der Waals surface area contributed by atoms with Crippen LogP contribution >= 0.6 is 0 Å². The van der Waals surface area contributed by atoms with Gasteiger partial charge < -0.3 is 19.9 Å². The molecule has 2 amide bonds. The fourth-order valence-corrected chi connectivity index (χ4v) is 3.51. The van der Waals surface area contributed by atoms with Gasteiger partial charge in [-0.3, -0.25) is 0 Å². The van der Waals surface area contributed by atoms with Crippen LogP contribution in [0, 0.1) is 6.92 Å². The topological polar surface area (TPSA) is 70.2 Å². The van der Waals surface area contributed by atoms with Crippen molar-refractivity contribution in [3.8, 4) is 11.5 Å². The van der Waals surface area contributed by atoms with E-state index in [9.17, 15) is 4.79 Å². The number of H-pyrrole nitrogens is 1. The minimum absolute atomic E-state index is 0.0800. The van der Waals surface area contributed by atoms with Crippen LogP contribution in [-0.4, -0.2) is 34.0 Å². The lowest BCUT2D eigenvalue weighted by Crippen LogP contribution is -2.41. The zero-order valence-electron chi connectivity index (χ0n) is 15.9. The Morgan fingerprint density at radius 3 is 2.82 bits per heavy atom. The quantitative estimate of drug-likeness (QED) is 0.679. The van der Waals surface area contributed by atoms with Gasteiger partial charge in [-0.1, -0.05) is 12.1 Å². The first-order chi connectivity index (χ1) is 13.7. The summed E-state index contributed by atoms with van der Waals surface area (Å²) in [4.78, 5) is 22.0. The summed E-state index contributed by atoms with van der Waals surface area (Å²) in [6.07, 6.45) is 5.60. The number of likely N-dealkylation sites (tertiary alicyclic amines) is 1. The fourth-order valence-electron chi connectivity index (χ4n) is 3.51. The number of ether oxygens (including phenoxy) is 1. The molecule has 144 valence electrons. The third-order valence-electron chi connectivity index (χ3n) is 4.95. The van der Waals surface area contributed by atoms with Crippen molar-refractivity contribution in [2.24, 2.45) is 0 Å². The highest BCUT2D eigenvalue weighted by Gasteiger charge is 2.26. The molecule has 28 heavy (non-hydrogen) atoms. The summed E-state index contributed by atoms with van der Waals surface area (Å²) in [5.41, 5.74) is 1.90. The van der Waals surface area contributed by atoms with Gasteiger partial charge in [0.05, 0.1) is 0 Å². The lowest BCUT2D eigenvalue weighted by molar-refractivity contribution is 0.191. The second-order valence-electron chi connectivity index (χ2n) is 7.13. The average molecular weight is 376 g/mol. The Balaban J connectivity index is 1.35. The summed E-state index contributed by atoms with van der Waals surface area (Å²) >= 11 is 0. The van der Waals surface area contributed by atoms with Crippen molar-refractivity contribution in [1.82, 2.24) is 14.9 Å². The monoisotopic (exact) mass is 376 g/mol. The molecule has 0 aliphatic carbocycles. The van der Waals surface area contributed by atoms with E-state index in [2.05, 4.69) is 15.3 Å². The van der Waals surface area contributed by atoms with Gasteiger partial charge in [0.1, 0.15) is 17.3 Å². The van der Waals surface area contributed by atoms with Gasteiger partial charge in [-0.25, -0.2) is 9.78 Å². The Bertz CT molecular complexity index is 922. The minimum Gasteiger partial charge on any atom is -0.457 e. The second-order valence-corrected chi connectivity index (χ2v) is 7.13.